The number of phenolic OH excluding ortho intramolecular Hbond substituents is 1. The molecule has 214 valence electrons. The van der Waals surface area contributed by atoms with Crippen molar-refractivity contribution in [3.63, 3.8) is 0 Å². The van der Waals surface area contributed by atoms with Crippen molar-refractivity contribution >= 4 is 5.91 Å². The molecule has 4 rings (SSSR count). The van der Waals surface area contributed by atoms with Gasteiger partial charge in [0.25, 0.3) is 0 Å². The Bertz CT molecular complexity index is 1360. The molecule has 0 bridgehead atoms. The van der Waals surface area contributed by atoms with Crippen LogP contribution < -0.4 is 20.2 Å². The van der Waals surface area contributed by atoms with E-state index >= 15 is 0 Å². The first-order valence-corrected chi connectivity index (χ1v) is 13.2. The molecule has 3 N–H and O–H groups in total. The zero-order chi connectivity index (χ0) is 28.8. The van der Waals surface area contributed by atoms with E-state index in [1.54, 1.807) is 26.2 Å². The van der Waals surface area contributed by atoms with E-state index in [9.17, 15) is 19.8 Å². The van der Waals surface area contributed by atoms with Crippen LogP contribution in [0.3, 0.4) is 0 Å². The molecular weight excluding hydrogens is 514 g/mol. The summed E-state index contributed by atoms with van der Waals surface area (Å²) in [6.07, 6.45) is -0.105. The summed E-state index contributed by atoms with van der Waals surface area (Å²) in [6, 6.07) is 13.6. The van der Waals surface area contributed by atoms with Crippen molar-refractivity contribution in [2.24, 2.45) is 0 Å². The van der Waals surface area contributed by atoms with Crippen LogP contribution in [-0.2, 0) is 4.79 Å². The molecule has 1 saturated heterocycles. The van der Waals surface area contributed by atoms with E-state index in [4.69, 9.17) is 13.9 Å². The van der Waals surface area contributed by atoms with Gasteiger partial charge in [-0.25, -0.2) is 0 Å². The lowest BCUT2D eigenvalue weighted by Gasteiger charge is -2.38. The number of nitrogens with one attached hydrogen (secondary N) is 1. The Labute approximate surface area is 233 Å². The van der Waals surface area contributed by atoms with Crippen molar-refractivity contribution in [3.05, 3.63) is 81.4 Å². The van der Waals surface area contributed by atoms with Gasteiger partial charge in [-0.15, -0.1) is 0 Å². The number of aromatic hydroxyl groups is 2. The van der Waals surface area contributed by atoms with Crippen molar-refractivity contribution in [1.29, 1.82) is 0 Å². The van der Waals surface area contributed by atoms with Crippen LogP contribution in [0.25, 0.3) is 0 Å². The molecule has 0 saturated carbocycles. The monoisotopic (exact) mass is 551 g/mol. The summed E-state index contributed by atoms with van der Waals surface area (Å²) in [5.74, 6) is -0.452. The molecule has 1 aliphatic rings. The van der Waals surface area contributed by atoms with Gasteiger partial charge in [0, 0.05) is 45.2 Å². The minimum atomic E-state index is -0.801. The lowest BCUT2D eigenvalue weighted by molar-refractivity contribution is -0.121. The number of piperazine rings is 1. The first kappa shape index (κ1) is 29.0. The number of rotatable bonds is 10. The van der Waals surface area contributed by atoms with Crippen LogP contribution in [0.5, 0.6) is 23.0 Å². The average Bonchev–Trinajstić information content (AvgIpc) is 2.95. The molecule has 1 aliphatic heterocycles. The van der Waals surface area contributed by atoms with Crippen molar-refractivity contribution in [1.82, 2.24) is 15.1 Å². The van der Waals surface area contributed by atoms with Crippen LogP contribution in [0.2, 0.25) is 0 Å². The topological polar surface area (TPSA) is 125 Å². The van der Waals surface area contributed by atoms with E-state index in [2.05, 4.69) is 22.2 Å². The number of likely N-dealkylation sites (N-methyl/N-ethyl adjacent to an activating group) is 1. The maximum atomic E-state index is 13.4. The number of ether oxygens (including phenoxy) is 2. The average molecular weight is 552 g/mol. The molecule has 2 atom stereocenters. The fraction of sp³-hybridized carbons (Fsp3) is 0.400. The number of methoxy groups -OCH3 is 2. The molecule has 40 heavy (non-hydrogen) atoms. The molecule has 1 fully saturated rings. The molecule has 2 aromatic carbocycles. The third-order valence-corrected chi connectivity index (χ3v) is 7.36. The van der Waals surface area contributed by atoms with Gasteiger partial charge in [-0.05, 0) is 49.4 Å². The second-order valence-electron chi connectivity index (χ2n) is 10.1. The van der Waals surface area contributed by atoms with Gasteiger partial charge >= 0.3 is 0 Å². The van der Waals surface area contributed by atoms with Gasteiger partial charge < -0.3 is 34.3 Å². The first-order chi connectivity index (χ1) is 19.2. The molecule has 10 heteroatoms. The van der Waals surface area contributed by atoms with E-state index in [1.165, 1.54) is 19.2 Å². The number of phenols is 1. The highest BCUT2D eigenvalue weighted by Crippen LogP contribution is 2.37. The quantitative estimate of drug-likeness (QED) is 0.349. The molecule has 0 unspecified atom stereocenters. The molecule has 3 aromatic rings. The minimum absolute atomic E-state index is 0.0151. The second kappa shape index (κ2) is 12.9. The maximum Gasteiger partial charge on any atom is 0.227 e. The Morgan fingerprint density at radius 1 is 1.00 bits per heavy atom. The molecule has 1 aromatic heterocycles. The van der Waals surface area contributed by atoms with Gasteiger partial charge in [-0.3, -0.25) is 14.5 Å². The maximum absolute atomic E-state index is 13.4. The highest BCUT2D eigenvalue weighted by atomic mass is 16.5. The molecule has 2 heterocycles. The van der Waals surface area contributed by atoms with Crippen LogP contribution in [0.4, 0.5) is 0 Å². The molecule has 1 amide bonds. The zero-order valence-electron chi connectivity index (χ0n) is 23.3. The number of nitrogens with zero attached hydrogens (tertiary/aromatic N) is 2. The fourth-order valence-corrected chi connectivity index (χ4v) is 5.02. The Hall–Kier alpha value is -4.02. The van der Waals surface area contributed by atoms with Crippen LogP contribution in [0.1, 0.15) is 41.0 Å². The summed E-state index contributed by atoms with van der Waals surface area (Å²) in [6.45, 7) is 5.55. The van der Waals surface area contributed by atoms with E-state index in [0.717, 1.165) is 37.5 Å². The molecule has 0 spiro atoms. The number of hydrogen-bond acceptors (Lipinski definition) is 9. The van der Waals surface area contributed by atoms with Gasteiger partial charge in [0.15, 0.2) is 17.3 Å². The Kier molecular flexibility index (Phi) is 9.34. The van der Waals surface area contributed by atoms with Crippen LogP contribution in [0, 0.1) is 6.92 Å². The van der Waals surface area contributed by atoms with Crippen LogP contribution >= 0.6 is 0 Å². The predicted octanol–water partition coefficient (Wildman–Crippen LogP) is 3.00. The number of carbonyl (C=O) groups excluding carboxylic acids is 1. The third kappa shape index (κ3) is 6.75. The highest BCUT2D eigenvalue weighted by Gasteiger charge is 2.29. The van der Waals surface area contributed by atoms with E-state index < -0.39 is 17.1 Å². The Balaban J connectivity index is 1.59. The summed E-state index contributed by atoms with van der Waals surface area (Å²) in [4.78, 5) is 30.4. The highest BCUT2D eigenvalue weighted by molar-refractivity contribution is 5.77. The summed E-state index contributed by atoms with van der Waals surface area (Å²) in [5.41, 5.74) is 1.01. The SMILES string of the molecule is COc1ccc([C@H](CNC(=O)C[C@@H](c2ccc(O)c(OC)c2)c2oc(C)cc(=O)c2O)N2CCN(C)CC2)cc1. The van der Waals surface area contributed by atoms with Gasteiger partial charge in [0.1, 0.15) is 11.5 Å². The fourth-order valence-electron chi connectivity index (χ4n) is 5.02. The van der Waals surface area contributed by atoms with Gasteiger partial charge in [0.2, 0.25) is 17.1 Å². The standard InChI is InChI=1S/C30H37N3O7/c1-19-15-26(35)29(37)30(40-19)23(21-7-10-25(34)27(16-21)39-4)17-28(36)31-18-24(33-13-11-32(2)12-14-33)20-5-8-22(38-3)9-6-20/h5-10,15-16,23-24,34,37H,11-14,17-18H2,1-4H3,(H,31,36)/t23-,24-/m0/s1. The predicted molar refractivity (Wildman–Crippen MR) is 150 cm³/mol. The number of carbonyl (C=O) groups is 1. The van der Waals surface area contributed by atoms with Gasteiger partial charge in [-0.1, -0.05) is 18.2 Å². The zero-order valence-corrected chi connectivity index (χ0v) is 23.3. The Morgan fingerprint density at radius 2 is 1.68 bits per heavy atom. The second-order valence-corrected chi connectivity index (χ2v) is 10.1. The summed E-state index contributed by atoms with van der Waals surface area (Å²) < 4.78 is 16.3. The lowest BCUT2D eigenvalue weighted by Crippen LogP contribution is -2.48. The van der Waals surface area contributed by atoms with Crippen molar-refractivity contribution in [2.45, 2.75) is 25.3 Å². The van der Waals surface area contributed by atoms with E-state index in [-0.39, 0.29) is 35.6 Å². The number of amides is 1. The molecule has 0 radical (unpaired) electrons. The third-order valence-electron chi connectivity index (χ3n) is 7.36. The lowest BCUT2D eigenvalue weighted by atomic mass is 9.91. The normalized spacial score (nSPS) is 15.8. The molecular formula is C30H37N3O7. The number of aryl methyl sites for hydroxylation is 1. The van der Waals surface area contributed by atoms with Crippen molar-refractivity contribution < 1.29 is 28.9 Å². The largest absolute Gasteiger partial charge is 0.504 e. The summed E-state index contributed by atoms with van der Waals surface area (Å²) in [5, 5.41) is 23.8. The number of hydrogen-bond donors (Lipinski definition) is 3. The van der Waals surface area contributed by atoms with Gasteiger partial charge in [-0.2, -0.15) is 0 Å². The van der Waals surface area contributed by atoms with Crippen LogP contribution in [0.15, 0.2) is 57.7 Å². The van der Waals surface area contributed by atoms with E-state index in [1.807, 2.05) is 24.3 Å². The van der Waals surface area contributed by atoms with Crippen LogP contribution in [-0.4, -0.2) is 79.9 Å². The van der Waals surface area contributed by atoms with Crippen molar-refractivity contribution in [2.75, 3.05) is 54.0 Å². The van der Waals surface area contributed by atoms with Gasteiger partial charge in [0.05, 0.1) is 26.2 Å². The smallest absolute Gasteiger partial charge is 0.227 e. The first-order valence-electron chi connectivity index (χ1n) is 13.2. The Morgan fingerprint density at radius 3 is 2.33 bits per heavy atom. The summed E-state index contributed by atoms with van der Waals surface area (Å²) >= 11 is 0. The van der Waals surface area contributed by atoms with E-state index in [0.29, 0.717) is 17.9 Å². The minimum Gasteiger partial charge on any atom is -0.504 e. The molecule has 0 aliphatic carbocycles. The number of benzene rings is 2. The molecule has 10 nitrogen and oxygen atoms in total. The van der Waals surface area contributed by atoms with Crippen molar-refractivity contribution in [3.8, 4) is 23.0 Å². The summed E-state index contributed by atoms with van der Waals surface area (Å²) in [7, 11) is 5.14.